The molecule has 0 aliphatic carbocycles. The van der Waals surface area contributed by atoms with Gasteiger partial charge in [0.15, 0.2) is 0 Å². The molecule has 1 aromatic heterocycles. The van der Waals surface area contributed by atoms with Crippen molar-refractivity contribution in [3.05, 3.63) is 45.7 Å². The van der Waals surface area contributed by atoms with Crippen LogP contribution in [0.2, 0.25) is 0 Å². The molecule has 2 saturated heterocycles. The molecule has 0 bridgehead atoms. The van der Waals surface area contributed by atoms with E-state index in [9.17, 15) is 9.59 Å². The number of carbonyl (C=O) groups excluding carboxylic acids is 1. The number of nitrogens with zero attached hydrogens (tertiary/aromatic N) is 1. The molecular weight excluding hydrogens is 292 g/mol. The van der Waals surface area contributed by atoms with Gasteiger partial charge in [-0.25, -0.2) is 0 Å². The number of rotatable bonds is 2. The van der Waals surface area contributed by atoms with Crippen LogP contribution < -0.4 is 5.56 Å². The van der Waals surface area contributed by atoms with Crippen LogP contribution >= 0.6 is 0 Å². The SMILES string of the molecule is Cc1cc(=O)[nH]c2cc(C(=O)N3CC(C4CCOC4)C3)ccc12. The van der Waals surface area contributed by atoms with E-state index in [0.29, 0.717) is 17.4 Å². The highest BCUT2D eigenvalue weighted by Crippen LogP contribution is 2.31. The van der Waals surface area contributed by atoms with Crippen LogP contribution in [0.4, 0.5) is 0 Å². The van der Waals surface area contributed by atoms with Crippen molar-refractivity contribution in [2.75, 3.05) is 26.3 Å². The van der Waals surface area contributed by atoms with Crippen LogP contribution in [0, 0.1) is 18.8 Å². The molecule has 1 atom stereocenters. The van der Waals surface area contributed by atoms with E-state index in [1.807, 2.05) is 24.0 Å². The van der Waals surface area contributed by atoms with Crippen molar-refractivity contribution >= 4 is 16.8 Å². The van der Waals surface area contributed by atoms with Crippen molar-refractivity contribution in [3.63, 3.8) is 0 Å². The minimum Gasteiger partial charge on any atom is -0.381 e. The lowest BCUT2D eigenvalue weighted by atomic mass is 9.85. The number of amides is 1. The number of likely N-dealkylation sites (tertiary alicyclic amines) is 1. The average molecular weight is 312 g/mol. The third-order valence-corrected chi connectivity index (χ3v) is 5.13. The summed E-state index contributed by atoms with van der Waals surface area (Å²) in [5.41, 5.74) is 2.15. The van der Waals surface area contributed by atoms with E-state index >= 15 is 0 Å². The van der Waals surface area contributed by atoms with Crippen LogP contribution in [0.25, 0.3) is 10.9 Å². The Balaban J connectivity index is 1.53. The van der Waals surface area contributed by atoms with Gasteiger partial charge < -0.3 is 14.6 Å². The quantitative estimate of drug-likeness (QED) is 0.922. The lowest BCUT2D eigenvalue weighted by molar-refractivity contribution is 0.0342. The summed E-state index contributed by atoms with van der Waals surface area (Å²) >= 11 is 0. The zero-order chi connectivity index (χ0) is 16.0. The molecular formula is C18H20N2O3. The maximum Gasteiger partial charge on any atom is 0.253 e. The summed E-state index contributed by atoms with van der Waals surface area (Å²) in [6.07, 6.45) is 1.11. The molecule has 1 unspecified atom stereocenters. The van der Waals surface area contributed by atoms with Gasteiger partial charge >= 0.3 is 0 Å². The van der Waals surface area contributed by atoms with E-state index < -0.39 is 0 Å². The van der Waals surface area contributed by atoms with Crippen LogP contribution in [-0.4, -0.2) is 42.1 Å². The highest BCUT2D eigenvalue weighted by Gasteiger charge is 2.37. The van der Waals surface area contributed by atoms with Crippen molar-refractivity contribution in [1.29, 1.82) is 0 Å². The van der Waals surface area contributed by atoms with Crippen LogP contribution in [-0.2, 0) is 4.74 Å². The Labute approximate surface area is 134 Å². The topological polar surface area (TPSA) is 62.4 Å². The molecule has 3 heterocycles. The second kappa shape index (κ2) is 5.49. The number of aromatic nitrogens is 1. The molecule has 4 rings (SSSR count). The van der Waals surface area contributed by atoms with Crippen LogP contribution in [0.5, 0.6) is 0 Å². The van der Waals surface area contributed by atoms with Gasteiger partial charge in [-0.15, -0.1) is 0 Å². The Morgan fingerprint density at radius 2 is 2.09 bits per heavy atom. The molecule has 1 amide bonds. The zero-order valence-corrected chi connectivity index (χ0v) is 13.2. The number of carbonyl (C=O) groups is 1. The Hall–Kier alpha value is -2.14. The Morgan fingerprint density at radius 1 is 1.26 bits per heavy atom. The molecule has 1 N–H and O–H groups in total. The predicted molar refractivity (Wildman–Crippen MR) is 87.6 cm³/mol. The Kier molecular flexibility index (Phi) is 3.45. The van der Waals surface area contributed by atoms with Gasteiger partial charge in [0, 0.05) is 48.8 Å². The standard InChI is InChI=1S/C18H20N2O3/c1-11-6-17(21)19-16-7-12(2-3-15(11)16)18(22)20-8-14(9-20)13-4-5-23-10-13/h2-3,6-7,13-14H,4-5,8-10H2,1H3,(H,19,21). The van der Waals surface area contributed by atoms with Crippen molar-refractivity contribution in [2.24, 2.45) is 11.8 Å². The second-order valence-corrected chi connectivity index (χ2v) is 6.67. The molecule has 23 heavy (non-hydrogen) atoms. The van der Waals surface area contributed by atoms with Crippen molar-refractivity contribution in [2.45, 2.75) is 13.3 Å². The Bertz CT molecular complexity index is 815. The lowest BCUT2D eigenvalue weighted by Crippen LogP contribution is -2.52. The Morgan fingerprint density at radius 3 is 2.83 bits per heavy atom. The molecule has 0 saturated carbocycles. The summed E-state index contributed by atoms with van der Waals surface area (Å²) in [5, 5.41) is 0.978. The number of aryl methyl sites for hydroxylation is 1. The number of nitrogens with one attached hydrogen (secondary N) is 1. The van der Waals surface area contributed by atoms with Crippen molar-refractivity contribution < 1.29 is 9.53 Å². The molecule has 2 aliphatic rings. The van der Waals surface area contributed by atoms with Gasteiger partial charge in [0.1, 0.15) is 0 Å². The first kappa shape index (κ1) is 14.5. The number of benzene rings is 1. The van der Waals surface area contributed by atoms with Gasteiger partial charge in [0.25, 0.3) is 5.91 Å². The minimum atomic E-state index is -0.134. The third kappa shape index (κ3) is 2.55. The molecule has 2 aromatic rings. The predicted octanol–water partition coefficient (Wildman–Crippen LogP) is 1.95. The van der Waals surface area contributed by atoms with E-state index in [4.69, 9.17) is 4.74 Å². The van der Waals surface area contributed by atoms with Gasteiger partial charge in [-0.2, -0.15) is 0 Å². The maximum atomic E-state index is 12.6. The normalized spacial score (nSPS) is 21.6. The zero-order valence-electron chi connectivity index (χ0n) is 13.2. The van der Waals surface area contributed by atoms with Gasteiger partial charge in [0.2, 0.25) is 5.56 Å². The molecule has 1 aromatic carbocycles. The summed E-state index contributed by atoms with van der Waals surface area (Å²) in [4.78, 5) is 28.9. The van der Waals surface area contributed by atoms with Crippen LogP contribution in [0.3, 0.4) is 0 Å². The number of pyridine rings is 1. The fourth-order valence-corrected chi connectivity index (χ4v) is 3.65. The number of fused-ring (bicyclic) bond motifs is 1. The van der Waals surface area contributed by atoms with Gasteiger partial charge in [-0.05, 0) is 42.9 Å². The largest absolute Gasteiger partial charge is 0.381 e. The van der Waals surface area contributed by atoms with Gasteiger partial charge in [0.05, 0.1) is 0 Å². The maximum absolute atomic E-state index is 12.6. The van der Waals surface area contributed by atoms with Crippen LogP contribution in [0.1, 0.15) is 22.3 Å². The first-order chi connectivity index (χ1) is 11.1. The van der Waals surface area contributed by atoms with E-state index in [0.717, 1.165) is 49.2 Å². The smallest absolute Gasteiger partial charge is 0.253 e. The van der Waals surface area contributed by atoms with Crippen molar-refractivity contribution in [1.82, 2.24) is 9.88 Å². The highest BCUT2D eigenvalue weighted by atomic mass is 16.5. The first-order valence-electron chi connectivity index (χ1n) is 8.12. The third-order valence-electron chi connectivity index (χ3n) is 5.13. The number of hydrogen-bond acceptors (Lipinski definition) is 3. The van der Waals surface area contributed by atoms with E-state index in [2.05, 4.69) is 4.98 Å². The van der Waals surface area contributed by atoms with E-state index in [1.54, 1.807) is 12.1 Å². The number of hydrogen-bond donors (Lipinski definition) is 1. The summed E-state index contributed by atoms with van der Waals surface area (Å²) < 4.78 is 5.43. The molecule has 0 spiro atoms. The van der Waals surface area contributed by atoms with Crippen molar-refractivity contribution in [3.8, 4) is 0 Å². The fourth-order valence-electron chi connectivity index (χ4n) is 3.65. The molecule has 2 aliphatic heterocycles. The van der Waals surface area contributed by atoms with E-state index in [-0.39, 0.29) is 11.5 Å². The van der Waals surface area contributed by atoms with Crippen LogP contribution in [0.15, 0.2) is 29.1 Å². The second-order valence-electron chi connectivity index (χ2n) is 6.67. The summed E-state index contributed by atoms with van der Waals surface area (Å²) in [5.74, 6) is 1.23. The fraction of sp³-hybridized carbons (Fsp3) is 0.444. The number of aromatic amines is 1. The molecule has 0 radical (unpaired) electrons. The summed E-state index contributed by atoms with van der Waals surface area (Å²) in [6.45, 7) is 5.23. The highest BCUT2D eigenvalue weighted by molar-refractivity contribution is 5.98. The van der Waals surface area contributed by atoms with E-state index in [1.165, 1.54) is 0 Å². The summed E-state index contributed by atoms with van der Waals surface area (Å²) in [6, 6.07) is 7.13. The first-order valence-corrected chi connectivity index (χ1v) is 8.12. The molecule has 5 nitrogen and oxygen atoms in total. The van der Waals surface area contributed by atoms with Gasteiger partial charge in [-0.1, -0.05) is 6.07 Å². The molecule has 120 valence electrons. The van der Waals surface area contributed by atoms with Gasteiger partial charge in [-0.3, -0.25) is 9.59 Å². The molecule has 5 heteroatoms. The minimum absolute atomic E-state index is 0.0458. The molecule has 2 fully saturated rings. The summed E-state index contributed by atoms with van der Waals surface area (Å²) in [7, 11) is 0. The lowest BCUT2D eigenvalue weighted by Gasteiger charge is -2.42. The average Bonchev–Trinajstić information content (AvgIpc) is 2.98. The number of H-pyrrole nitrogens is 1. The number of ether oxygens (including phenoxy) is 1. The monoisotopic (exact) mass is 312 g/mol.